The quantitative estimate of drug-likeness (QED) is 0.905. The van der Waals surface area contributed by atoms with Crippen LogP contribution >= 0.6 is 11.3 Å². The third kappa shape index (κ3) is 2.57. The fourth-order valence-electron chi connectivity index (χ4n) is 2.88. The summed E-state index contributed by atoms with van der Waals surface area (Å²) in [6.45, 7) is 4.53. The van der Waals surface area contributed by atoms with Gasteiger partial charge in [0.15, 0.2) is 0 Å². The molecule has 1 aromatic rings. The second-order valence-corrected chi connectivity index (χ2v) is 9.88. The van der Waals surface area contributed by atoms with Crippen LogP contribution in [0.1, 0.15) is 58.9 Å². The van der Waals surface area contributed by atoms with Crippen molar-refractivity contribution < 1.29 is 18.3 Å². The lowest BCUT2D eigenvalue weighted by Gasteiger charge is -2.32. The van der Waals surface area contributed by atoms with E-state index in [-0.39, 0.29) is 10.8 Å². The van der Waals surface area contributed by atoms with Gasteiger partial charge in [-0.15, -0.1) is 11.3 Å². The number of aromatic carboxylic acids is 1. The van der Waals surface area contributed by atoms with Gasteiger partial charge in [-0.25, -0.2) is 22.5 Å². The summed E-state index contributed by atoms with van der Waals surface area (Å²) in [6.07, 6.45) is 2.93. The molecule has 1 aromatic heterocycles. The summed E-state index contributed by atoms with van der Waals surface area (Å²) < 4.78 is 26.0. The summed E-state index contributed by atoms with van der Waals surface area (Å²) in [5.41, 5.74) is 0.549. The Bertz CT molecular complexity index is 698. The Kier molecular flexibility index (Phi) is 3.81. The van der Waals surface area contributed by atoms with Crippen molar-refractivity contribution in [2.45, 2.75) is 50.2 Å². The van der Waals surface area contributed by atoms with Gasteiger partial charge in [-0.2, -0.15) is 0 Å². The van der Waals surface area contributed by atoms with Gasteiger partial charge in [0.1, 0.15) is 4.88 Å². The van der Waals surface area contributed by atoms with Gasteiger partial charge in [-0.3, -0.25) is 0 Å². The minimum Gasteiger partial charge on any atom is -0.477 e. The van der Waals surface area contributed by atoms with Gasteiger partial charge in [-0.05, 0) is 39.5 Å². The number of piperidine rings is 1. The number of carbonyl (C=O) groups is 1. The number of hydrogen-bond acceptors (Lipinski definition) is 5. The second kappa shape index (κ2) is 5.28. The highest BCUT2D eigenvalue weighted by Crippen LogP contribution is 2.46. The molecule has 1 saturated heterocycles. The Morgan fingerprint density at radius 2 is 1.95 bits per heavy atom. The maximum Gasteiger partial charge on any atom is 0.347 e. The van der Waals surface area contributed by atoms with Gasteiger partial charge in [0.25, 0.3) is 0 Å². The number of carboxylic acids is 1. The first-order valence-electron chi connectivity index (χ1n) is 7.45. The maximum atomic E-state index is 12.5. The van der Waals surface area contributed by atoms with Crippen molar-refractivity contribution in [2.24, 2.45) is 0 Å². The number of sulfonamides is 1. The lowest BCUT2D eigenvalue weighted by atomic mass is 9.99. The van der Waals surface area contributed by atoms with Gasteiger partial charge in [0.05, 0.1) is 15.4 Å². The highest BCUT2D eigenvalue weighted by atomic mass is 32.2. The van der Waals surface area contributed by atoms with E-state index < -0.39 is 20.7 Å². The van der Waals surface area contributed by atoms with E-state index in [1.165, 1.54) is 11.3 Å². The Labute approximate surface area is 134 Å². The molecule has 2 aliphatic rings. The number of thiazole rings is 1. The van der Waals surface area contributed by atoms with Crippen molar-refractivity contribution >= 4 is 27.3 Å². The molecule has 8 heteroatoms. The van der Waals surface area contributed by atoms with E-state index in [2.05, 4.69) is 4.98 Å². The van der Waals surface area contributed by atoms with E-state index in [9.17, 15) is 13.2 Å². The molecule has 0 atom stereocenters. The zero-order valence-corrected chi connectivity index (χ0v) is 14.3. The number of nitrogens with zero attached hydrogens (tertiary/aromatic N) is 2. The monoisotopic (exact) mass is 344 g/mol. The van der Waals surface area contributed by atoms with Crippen molar-refractivity contribution in [3.05, 3.63) is 15.6 Å². The van der Waals surface area contributed by atoms with Crippen LogP contribution in [0.5, 0.6) is 0 Å². The number of aryl methyl sites for hydroxylation is 1. The summed E-state index contributed by atoms with van der Waals surface area (Å²) in [7, 11) is -3.19. The number of hydrogen-bond donors (Lipinski definition) is 1. The fraction of sp³-hybridized carbons (Fsp3) is 0.714. The minimum absolute atomic E-state index is 0.162. The molecule has 122 valence electrons. The first-order chi connectivity index (χ1) is 10.2. The Morgan fingerprint density at radius 3 is 2.41 bits per heavy atom. The first-order valence-corrected chi connectivity index (χ1v) is 9.70. The molecular formula is C14H20N2O4S2. The molecule has 2 fully saturated rings. The van der Waals surface area contributed by atoms with E-state index in [0.717, 1.165) is 17.8 Å². The SMILES string of the molecule is Cc1nc(C2CCN(S(=O)(=O)C3(C)CC3)CC2)sc1C(=O)O. The summed E-state index contributed by atoms with van der Waals surface area (Å²) in [5, 5.41) is 9.93. The highest BCUT2D eigenvalue weighted by Gasteiger charge is 2.53. The molecule has 0 aromatic carbocycles. The van der Waals surface area contributed by atoms with Crippen LogP contribution in [-0.4, -0.2) is 46.6 Å². The third-order valence-electron chi connectivity index (χ3n) is 4.73. The summed E-state index contributed by atoms with van der Waals surface area (Å²) in [6, 6.07) is 0. The average molecular weight is 344 g/mol. The molecular weight excluding hydrogens is 324 g/mol. The van der Waals surface area contributed by atoms with E-state index in [0.29, 0.717) is 31.6 Å². The summed E-state index contributed by atoms with van der Waals surface area (Å²) in [5.74, 6) is -0.779. The van der Waals surface area contributed by atoms with Crippen LogP contribution in [0.2, 0.25) is 0 Å². The number of carboxylic acid groups (broad SMARTS) is 1. The van der Waals surface area contributed by atoms with Crippen LogP contribution in [-0.2, 0) is 10.0 Å². The van der Waals surface area contributed by atoms with Gasteiger partial charge in [0.2, 0.25) is 10.0 Å². The van der Waals surface area contributed by atoms with E-state index >= 15 is 0 Å². The van der Waals surface area contributed by atoms with Crippen molar-refractivity contribution in [1.29, 1.82) is 0 Å². The molecule has 1 aliphatic carbocycles. The Morgan fingerprint density at radius 1 is 1.36 bits per heavy atom. The smallest absolute Gasteiger partial charge is 0.347 e. The molecule has 1 N–H and O–H groups in total. The van der Waals surface area contributed by atoms with Crippen molar-refractivity contribution in [3.8, 4) is 0 Å². The standard InChI is InChI=1S/C14H20N2O4S2/c1-9-11(13(17)18)21-12(15-9)10-3-7-16(8-4-10)22(19,20)14(2)5-6-14/h10H,3-8H2,1-2H3,(H,17,18). The van der Waals surface area contributed by atoms with Crippen LogP contribution in [0.25, 0.3) is 0 Å². The molecule has 0 bridgehead atoms. The van der Waals surface area contributed by atoms with Crippen LogP contribution in [0.15, 0.2) is 0 Å². The average Bonchev–Trinajstić information content (AvgIpc) is 3.10. The number of rotatable bonds is 4. The number of aromatic nitrogens is 1. The predicted octanol–water partition coefficient (Wildman–Crippen LogP) is 2.21. The van der Waals surface area contributed by atoms with Crippen molar-refractivity contribution in [1.82, 2.24) is 9.29 Å². The molecule has 6 nitrogen and oxygen atoms in total. The van der Waals surface area contributed by atoms with Crippen LogP contribution < -0.4 is 0 Å². The zero-order chi connectivity index (χ0) is 16.1. The van der Waals surface area contributed by atoms with Crippen LogP contribution in [0.4, 0.5) is 0 Å². The molecule has 0 unspecified atom stereocenters. The van der Waals surface area contributed by atoms with Crippen LogP contribution in [0, 0.1) is 6.92 Å². The van der Waals surface area contributed by atoms with Gasteiger partial charge in [-0.1, -0.05) is 0 Å². The van der Waals surface area contributed by atoms with Gasteiger partial charge < -0.3 is 5.11 Å². The van der Waals surface area contributed by atoms with Gasteiger partial charge in [0, 0.05) is 19.0 Å². The first kappa shape index (κ1) is 15.9. The summed E-state index contributed by atoms with van der Waals surface area (Å²) in [4.78, 5) is 15.8. The lowest BCUT2D eigenvalue weighted by Crippen LogP contribution is -2.43. The zero-order valence-electron chi connectivity index (χ0n) is 12.7. The molecule has 1 aliphatic heterocycles. The molecule has 22 heavy (non-hydrogen) atoms. The topological polar surface area (TPSA) is 87.6 Å². The van der Waals surface area contributed by atoms with Crippen molar-refractivity contribution in [3.63, 3.8) is 0 Å². The minimum atomic E-state index is -3.19. The Balaban J connectivity index is 1.70. The molecule has 0 spiro atoms. The maximum absolute atomic E-state index is 12.5. The molecule has 2 heterocycles. The van der Waals surface area contributed by atoms with E-state index in [4.69, 9.17) is 5.11 Å². The van der Waals surface area contributed by atoms with Crippen molar-refractivity contribution in [2.75, 3.05) is 13.1 Å². The second-order valence-electron chi connectivity index (χ2n) is 6.40. The van der Waals surface area contributed by atoms with E-state index in [1.54, 1.807) is 11.2 Å². The van der Waals surface area contributed by atoms with Gasteiger partial charge >= 0.3 is 5.97 Å². The molecule has 3 rings (SSSR count). The summed E-state index contributed by atoms with van der Waals surface area (Å²) >= 11 is 1.22. The highest BCUT2D eigenvalue weighted by molar-refractivity contribution is 7.90. The molecule has 0 radical (unpaired) electrons. The predicted molar refractivity (Wildman–Crippen MR) is 83.9 cm³/mol. The van der Waals surface area contributed by atoms with E-state index in [1.807, 2.05) is 6.92 Å². The lowest BCUT2D eigenvalue weighted by molar-refractivity contribution is 0.0701. The molecule has 1 saturated carbocycles. The Hall–Kier alpha value is -0.990. The third-order valence-corrected chi connectivity index (χ3v) is 8.73. The van der Waals surface area contributed by atoms with Crippen LogP contribution in [0.3, 0.4) is 0 Å². The largest absolute Gasteiger partial charge is 0.477 e. The molecule has 0 amide bonds. The normalized spacial score (nSPS) is 22.6. The fourth-order valence-corrected chi connectivity index (χ4v) is 5.89.